The van der Waals surface area contributed by atoms with Crippen LogP contribution >= 0.6 is 0 Å². The molecule has 4 rings (SSSR count). The highest BCUT2D eigenvalue weighted by atomic mass is 14.1. The summed E-state index contributed by atoms with van der Waals surface area (Å²) in [7, 11) is 0. The van der Waals surface area contributed by atoms with Crippen LogP contribution in [-0.4, -0.2) is 0 Å². The van der Waals surface area contributed by atoms with E-state index in [4.69, 9.17) is 0 Å². The number of benzene rings is 4. The van der Waals surface area contributed by atoms with Crippen LogP contribution in [0.1, 0.15) is 29.2 Å². The minimum absolute atomic E-state index is 0.937. The molecular formula is C25H22. The van der Waals surface area contributed by atoms with Crippen LogP contribution in [0.5, 0.6) is 0 Å². The Morgan fingerprint density at radius 3 is 2.04 bits per heavy atom. The van der Waals surface area contributed by atoms with Crippen molar-refractivity contribution in [2.45, 2.75) is 19.8 Å². The fourth-order valence-corrected chi connectivity index (χ4v) is 3.77. The average molecular weight is 322 g/mol. The van der Waals surface area contributed by atoms with Crippen molar-refractivity contribution in [2.24, 2.45) is 0 Å². The molecule has 0 atom stereocenters. The van der Waals surface area contributed by atoms with Gasteiger partial charge in [-0.2, -0.15) is 0 Å². The van der Waals surface area contributed by atoms with Crippen molar-refractivity contribution >= 4 is 27.6 Å². The predicted molar refractivity (Wildman–Crippen MR) is 110 cm³/mol. The zero-order valence-corrected chi connectivity index (χ0v) is 14.6. The van der Waals surface area contributed by atoms with Gasteiger partial charge in [-0.15, -0.1) is 0 Å². The Morgan fingerprint density at radius 2 is 1.44 bits per heavy atom. The third kappa shape index (κ3) is 2.85. The van der Waals surface area contributed by atoms with Crippen molar-refractivity contribution < 1.29 is 0 Å². The normalized spacial score (nSPS) is 11.1. The minimum atomic E-state index is 0.937. The van der Waals surface area contributed by atoms with E-state index in [1.807, 2.05) is 6.08 Å². The van der Waals surface area contributed by atoms with Crippen molar-refractivity contribution in [3.05, 3.63) is 102 Å². The second-order valence-electron chi connectivity index (χ2n) is 6.57. The van der Waals surface area contributed by atoms with Gasteiger partial charge < -0.3 is 0 Å². The first-order valence-electron chi connectivity index (χ1n) is 8.93. The van der Waals surface area contributed by atoms with Gasteiger partial charge in [0.2, 0.25) is 0 Å². The van der Waals surface area contributed by atoms with Crippen molar-refractivity contribution in [3.8, 4) is 0 Å². The minimum Gasteiger partial charge on any atom is -0.0985 e. The second kappa shape index (κ2) is 6.57. The Kier molecular flexibility index (Phi) is 4.11. The fraction of sp³-hybridized carbons (Fsp3) is 0.120. The largest absolute Gasteiger partial charge is 0.0985 e. The summed E-state index contributed by atoms with van der Waals surface area (Å²) in [5.41, 5.74) is 5.37. The number of hydrogen-bond acceptors (Lipinski definition) is 0. The zero-order chi connectivity index (χ0) is 17.2. The quantitative estimate of drug-likeness (QED) is 0.363. The Labute approximate surface area is 149 Å². The summed E-state index contributed by atoms with van der Waals surface area (Å²) in [6.07, 6.45) is 3.95. The first-order valence-corrected chi connectivity index (χ1v) is 8.93. The molecule has 25 heavy (non-hydrogen) atoms. The van der Waals surface area contributed by atoms with E-state index in [-0.39, 0.29) is 0 Å². The van der Waals surface area contributed by atoms with E-state index < -0.39 is 0 Å². The summed E-state index contributed by atoms with van der Waals surface area (Å²) >= 11 is 0. The van der Waals surface area contributed by atoms with Crippen LogP contribution in [0.25, 0.3) is 27.6 Å². The molecule has 4 aromatic rings. The predicted octanol–water partition coefficient (Wildman–Crippen LogP) is 6.79. The molecule has 0 aromatic heterocycles. The number of hydrogen-bond donors (Lipinski definition) is 0. The number of fused-ring (bicyclic) bond motifs is 2. The maximum atomic E-state index is 3.99. The smallest absolute Gasteiger partial charge is 0.00132 e. The number of rotatable bonds is 4. The van der Waals surface area contributed by atoms with Gasteiger partial charge in [-0.25, -0.2) is 0 Å². The van der Waals surface area contributed by atoms with Crippen LogP contribution in [0, 0.1) is 0 Å². The van der Waals surface area contributed by atoms with E-state index in [9.17, 15) is 0 Å². The van der Waals surface area contributed by atoms with Gasteiger partial charge >= 0.3 is 0 Å². The molecular weight excluding hydrogens is 300 g/mol. The molecule has 0 nitrogen and oxygen atoms in total. The molecule has 4 aromatic carbocycles. The Balaban J connectivity index is 1.92. The molecule has 0 radical (unpaired) electrons. The molecule has 0 amide bonds. The molecule has 0 heterocycles. The van der Waals surface area contributed by atoms with Gasteiger partial charge in [-0.05, 0) is 62.7 Å². The lowest BCUT2D eigenvalue weighted by Gasteiger charge is -2.13. The molecule has 0 heteroatoms. The summed E-state index contributed by atoms with van der Waals surface area (Å²) < 4.78 is 0. The Hall–Kier alpha value is -2.86. The monoisotopic (exact) mass is 322 g/mol. The maximum Gasteiger partial charge on any atom is -0.00132 e. The highest BCUT2D eigenvalue weighted by molar-refractivity contribution is 6.02. The van der Waals surface area contributed by atoms with Gasteiger partial charge in [0, 0.05) is 0 Å². The molecule has 0 saturated heterocycles. The van der Waals surface area contributed by atoms with E-state index in [0.29, 0.717) is 0 Å². The Bertz CT molecular complexity index is 1020. The van der Waals surface area contributed by atoms with Gasteiger partial charge in [-0.3, -0.25) is 0 Å². The summed E-state index contributed by atoms with van der Waals surface area (Å²) in [5, 5.41) is 5.32. The average Bonchev–Trinajstić information content (AvgIpc) is 2.67. The van der Waals surface area contributed by atoms with Crippen LogP contribution in [0.15, 0.2) is 79.4 Å². The molecule has 122 valence electrons. The van der Waals surface area contributed by atoms with E-state index in [0.717, 1.165) is 12.8 Å². The third-order valence-electron chi connectivity index (χ3n) is 5.07. The standard InChI is InChI=1S/C25H22/c1-3-19-14-13-18(15-20(19)4-2)16-25-23-11-7-5-9-21(23)17-22-10-6-8-12-24(22)25/h4-15,17H,2-3,16H2,1H3. The van der Waals surface area contributed by atoms with Crippen LogP contribution in [0.4, 0.5) is 0 Å². The zero-order valence-electron chi connectivity index (χ0n) is 14.6. The lowest BCUT2D eigenvalue weighted by molar-refractivity contribution is 1.12. The molecule has 0 spiro atoms. The fourth-order valence-electron chi connectivity index (χ4n) is 3.77. The molecule has 0 bridgehead atoms. The molecule has 0 aliphatic heterocycles. The highest BCUT2D eigenvalue weighted by Crippen LogP contribution is 2.30. The van der Waals surface area contributed by atoms with Gasteiger partial charge in [0.05, 0.1) is 0 Å². The summed E-state index contributed by atoms with van der Waals surface area (Å²) in [5.74, 6) is 0. The van der Waals surface area contributed by atoms with Crippen LogP contribution in [-0.2, 0) is 12.8 Å². The summed E-state index contributed by atoms with van der Waals surface area (Å²) in [4.78, 5) is 0. The van der Waals surface area contributed by atoms with Crippen LogP contribution in [0.3, 0.4) is 0 Å². The molecule has 0 saturated carbocycles. The Morgan fingerprint density at radius 1 is 0.800 bits per heavy atom. The van der Waals surface area contributed by atoms with Crippen molar-refractivity contribution in [2.75, 3.05) is 0 Å². The SMILES string of the molecule is C=Cc1cc(Cc2c3ccccc3cc3ccccc23)ccc1CC. The molecule has 0 aliphatic rings. The summed E-state index contributed by atoms with van der Waals surface area (Å²) in [6.45, 7) is 6.18. The summed E-state index contributed by atoms with van der Waals surface area (Å²) in [6, 6.07) is 26.5. The molecule has 0 unspecified atom stereocenters. The topological polar surface area (TPSA) is 0 Å². The number of aryl methyl sites for hydroxylation is 1. The first-order chi connectivity index (χ1) is 12.3. The van der Waals surface area contributed by atoms with E-state index in [1.165, 1.54) is 43.8 Å². The molecule has 0 fully saturated rings. The molecule has 0 N–H and O–H groups in total. The second-order valence-corrected chi connectivity index (χ2v) is 6.57. The van der Waals surface area contributed by atoms with Gasteiger partial charge in [0.25, 0.3) is 0 Å². The lowest BCUT2D eigenvalue weighted by Crippen LogP contribution is -1.95. The van der Waals surface area contributed by atoms with Crippen LogP contribution < -0.4 is 0 Å². The van der Waals surface area contributed by atoms with Crippen molar-refractivity contribution in [3.63, 3.8) is 0 Å². The highest BCUT2D eigenvalue weighted by Gasteiger charge is 2.09. The third-order valence-corrected chi connectivity index (χ3v) is 5.07. The van der Waals surface area contributed by atoms with Crippen LogP contribution in [0.2, 0.25) is 0 Å². The van der Waals surface area contributed by atoms with E-state index in [2.05, 4.69) is 86.3 Å². The lowest BCUT2D eigenvalue weighted by atomic mass is 9.91. The first kappa shape index (κ1) is 15.7. The molecule has 0 aliphatic carbocycles. The van der Waals surface area contributed by atoms with Gasteiger partial charge in [0.15, 0.2) is 0 Å². The van der Waals surface area contributed by atoms with Crippen molar-refractivity contribution in [1.82, 2.24) is 0 Å². The van der Waals surface area contributed by atoms with Gasteiger partial charge in [-0.1, -0.05) is 86.3 Å². The van der Waals surface area contributed by atoms with Crippen molar-refractivity contribution in [1.29, 1.82) is 0 Å². The van der Waals surface area contributed by atoms with Gasteiger partial charge in [0.1, 0.15) is 0 Å². The van der Waals surface area contributed by atoms with E-state index in [1.54, 1.807) is 0 Å². The maximum absolute atomic E-state index is 3.99. The van der Waals surface area contributed by atoms with E-state index >= 15 is 0 Å².